The van der Waals surface area contributed by atoms with Crippen LogP contribution >= 0.6 is 0 Å². The fraction of sp³-hybridized carbons (Fsp3) is 0.133. The fourth-order valence-electron chi connectivity index (χ4n) is 2.16. The van der Waals surface area contributed by atoms with Gasteiger partial charge in [-0.05, 0) is 29.8 Å². The van der Waals surface area contributed by atoms with Crippen molar-refractivity contribution in [3.63, 3.8) is 0 Å². The predicted octanol–water partition coefficient (Wildman–Crippen LogP) is 2.64. The summed E-state index contributed by atoms with van der Waals surface area (Å²) >= 11 is 0. The van der Waals surface area contributed by atoms with Gasteiger partial charge in [-0.3, -0.25) is 4.40 Å². The van der Waals surface area contributed by atoms with E-state index < -0.39 is 0 Å². The molecule has 4 heteroatoms. The molecular weight excluding hydrogens is 240 g/mol. The second-order valence-corrected chi connectivity index (χ2v) is 4.35. The molecule has 0 radical (unpaired) electrons. The van der Waals surface area contributed by atoms with Gasteiger partial charge in [0.25, 0.3) is 0 Å². The second kappa shape index (κ2) is 4.65. The highest BCUT2D eigenvalue weighted by Crippen LogP contribution is 2.20. The lowest BCUT2D eigenvalue weighted by Gasteiger charge is -2.07. The molecule has 0 bridgehead atoms. The Morgan fingerprint density at radius 1 is 1.16 bits per heavy atom. The van der Waals surface area contributed by atoms with Crippen LogP contribution in [0, 0.1) is 0 Å². The average molecular weight is 254 g/mol. The molecule has 0 amide bonds. The molecule has 1 N–H and O–H groups in total. The molecule has 0 atom stereocenters. The van der Waals surface area contributed by atoms with Crippen molar-refractivity contribution in [3.05, 3.63) is 60.0 Å². The predicted molar refractivity (Wildman–Crippen MR) is 72.7 cm³/mol. The molecule has 2 aromatic heterocycles. The summed E-state index contributed by atoms with van der Waals surface area (Å²) in [6, 6.07) is 13.0. The summed E-state index contributed by atoms with van der Waals surface area (Å²) in [5.74, 6) is 1.95. The van der Waals surface area contributed by atoms with Crippen LogP contribution < -0.4 is 4.74 Å². The number of aromatic hydroxyl groups is 1. The zero-order chi connectivity index (χ0) is 13.2. The Balaban J connectivity index is 2.03. The van der Waals surface area contributed by atoms with Gasteiger partial charge >= 0.3 is 0 Å². The first-order valence-corrected chi connectivity index (χ1v) is 6.05. The molecule has 4 nitrogen and oxygen atoms in total. The maximum Gasteiger partial charge on any atom is 0.199 e. The van der Waals surface area contributed by atoms with E-state index in [2.05, 4.69) is 4.98 Å². The van der Waals surface area contributed by atoms with Crippen molar-refractivity contribution in [1.29, 1.82) is 0 Å². The number of nitrogens with zero attached hydrogens (tertiary/aromatic N) is 2. The van der Waals surface area contributed by atoms with E-state index in [-0.39, 0.29) is 5.75 Å². The number of benzene rings is 1. The van der Waals surface area contributed by atoms with Crippen molar-refractivity contribution in [2.45, 2.75) is 6.42 Å². The van der Waals surface area contributed by atoms with Crippen LogP contribution in [0.4, 0.5) is 0 Å². The average Bonchev–Trinajstić information content (AvgIpc) is 2.85. The van der Waals surface area contributed by atoms with Gasteiger partial charge in [0, 0.05) is 6.42 Å². The molecular formula is C15H14N2O2. The molecule has 0 spiro atoms. The first-order chi connectivity index (χ1) is 9.28. The minimum absolute atomic E-state index is 0.273. The summed E-state index contributed by atoms with van der Waals surface area (Å²) in [5, 5.41) is 9.30. The van der Waals surface area contributed by atoms with Crippen LogP contribution in [-0.2, 0) is 6.42 Å². The molecule has 3 rings (SSSR count). The van der Waals surface area contributed by atoms with Gasteiger partial charge in [0.2, 0.25) is 0 Å². The standard InChI is InChI=1S/C15H14N2O2/c1-19-15-4-2-3-12-10-16-14(17(12)15)9-11-5-7-13(18)8-6-11/h2-8,10,18H,9H2,1H3. The van der Waals surface area contributed by atoms with Crippen LogP contribution in [0.15, 0.2) is 48.7 Å². The summed E-state index contributed by atoms with van der Waals surface area (Å²) in [6.45, 7) is 0. The van der Waals surface area contributed by atoms with Gasteiger partial charge < -0.3 is 9.84 Å². The smallest absolute Gasteiger partial charge is 0.199 e. The zero-order valence-corrected chi connectivity index (χ0v) is 10.6. The van der Waals surface area contributed by atoms with Crippen molar-refractivity contribution < 1.29 is 9.84 Å². The quantitative estimate of drug-likeness (QED) is 0.781. The Hall–Kier alpha value is -2.49. The number of phenols is 1. The van der Waals surface area contributed by atoms with Crippen LogP contribution in [0.25, 0.3) is 5.52 Å². The van der Waals surface area contributed by atoms with Gasteiger partial charge in [0.15, 0.2) is 5.88 Å². The van der Waals surface area contributed by atoms with Gasteiger partial charge in [-0.15, -0.1) is 0 Å². The number of hydrogen-bond acceptors (Lipinski definition) is 3. The van der Waals surface area contributed by atoms with Crippen LogP contribution in [0.2, 0.25) is 0 Å². The number of pyridine rings is 1. The van der Waals surface area contributed by atoms with E-state index in [1.165, 1.54) is 0 Å². The van der Waals surface area contributed by atoms with Crippen LogP contribution in [0.1, 0.15) is 11.4 Å². The van der Waals surface area contributed by atoms with Crippen molar-refractivity contribution in [3.8, 4) is 11.6 Å². The van der Waals surface area contributed by atoms with E-state index >= 15 is 0 Å². The van der Waals surface area contributed by atoms with E-state index in [4.69, 9.17) is 4.74 Å². The number of fused-ring (bicyclic) bond motifs is 1. The topological polar surface area (TPSA) is 46.8 Å². The number of methoxy groups -OCH3 is 1. The number of phenolic OH excluding ortho intramolecular Hbond substituents is 1. The Bertz CT molecular complexity index is 702. The largest absolute Gasteiger partial charge is 0.508 e. The molecule has 0 saturated carbocycles. The summed E-state index contributed by atoms with van der Waals surface area (Å²) in [5.41, 5.74) is 2.10. The van der Waals surface area contributed by atoms with E-state index in [0.29, 0.717) is 6.42 Å². The van der Waals surface area contributed by atoms with Crippen molar-refractivity contribution in [2.24, 2.45) is 0 Å². The molecule has 0 aliphatic heterocycles. The lowest BCUT2D eigenvalue weighted by molar-refractivity contribution is 0.390. The SMILES string of the molecule is COc1cccc2cnc(Cc3ccc(O)cc3)n12. The lowest BCUT2D eigenvalue weighted by atomic mass is 10.1. The molecule has 3 aromatic rings. The minimum Gasteiger partial charge on any atom is -0.508 e. The van der Waals surface area contributed by atoms with Gasteiger partial charge in [-0.1, -0.05) is 18.2 Å². The number of ether oxygens (including phenoxy) is 1. The maximum absolute atomic E-state index is 9.30. The summed E-state index contributed by atoms with van der Waals surface area (Å²) in [4.78, 5) is 4.44. The zero-order valence-electron chi connectivity index (χ0n) is 10.6. The molecule has 2 heterocycles. The molecule has 96 valence electrons. The highest BCUT2D eigenvalue weighted by Gasteiger charge is 2.08. The van der Waals surface area contributed by atoms with Crippen LogP contribution in [-0.4, -0.2) is 21.6 Å². The molecule has 0 aliphatic carbocycles. The second-order valence-electron chi connectivity index (χ2n) is 4.35. The molecule has 0 aliphatic rings. The third-order valence-electron chi connectivity index (χ3n) is 3.10. The molecule has 0 saturated heterocycles. The van der Waals surface area contributed by atoms with E-state index in [1.807, 2.05) is 40.9 Å². The molecule has 0 unspecified atom stereocenters. The minimum atomic E-state index is 0.273. The number of hydrogen-bond donors (Lipinski definition) is 1. The summed E-state index contributed by atoms with van der Waals surface area (Å²) < 4.78 is 7.36. The monoisotopic (exact) mass is 254 g/mol. The maximum atomic E-state index is 9.30. The Morgan fingerprint density at radius 2 is 1.95 bits per heavy atom. The molecule has 19 heavy (non-hydrogen) atoms. The highest BCUT2D eigenvalue weighted by molar-refractivity contribution is 5.49. The molecule has 1 aromatic carbocycles. The summed E-state index contributed by atoms with van der Waals surface area (Å²) in [7, 11) is 1.65. The Labute approximate surface area is 110 Å². The first-order valence-electron chi connectivity index (χ1n) is 6.05. The molecule has 0 fully saturated rings. The third kappa shape index (κ3) is 2.12. The van der Waals surface area contributed by atoms with E-state index in [9.17, 15) is 5.11 Å². The van der Waals surface area contributed by atoms with Crippen LogP contribution in [0.5, 0.6) is 11.6 Å². The summed E-state index contributed by atoms with van der Waals surface area (Å²) in [6.07, 6.45) is 2.52. The first kappa shape index (κ1) is 11.6. The van der Waals surface area contributed by atoms with Gasteiger partial charge in [0.1, 0.15) is 11.6 Å². The Kier molecular flexibility index (Phi) is 2.83. The van der Waals surface area contributed by atoms with E-state index in [0.717, 1.165) is 22.8 Å². The number of imidazole rings is 1. The number of aromatic nitrogens is 2. The van der Waals surface area contributed by atoms with E-state index in [1.54, 1.807) is 19.2 Å². The van der Waals surface area contributed by atoms with Crippen molar-refractivity contribution >= 4 is 5.52 Å². The highest BCUT2D eigenvalue weighted by atomic mass is 16.5. The van der Waals surface area contributed by atoms with Crippen molar-refractivity contribution in [2.75, 3.05) is 7.11 Å². The normalized spacial score (nSPS) is 10.8. The Morgan fingerprint density at radius 3 is 2.68 bits per heavy atom. The van der Waals surface area contributed by atoms with Gasteiger partial charge in [-0.25, -0.2) is 4.98 Å². The third-order valence-corrected chi connectivity index (χ3v) is 3.10. The number of rotatable bonds is 3. The van der Waals surface area contributed by atoms with Crippen LogP contribution in [0.3, 0.4) is 0 Å². The lowest BCUT2D eigenvalue weighted by Crippen LogP contribution is -2.00. The fourth-order valence-corrected chi connectivity index (χ4v) is 2.16. The van der Waals surface area contributed by atoms with Gasteiger partial charge in [-0.2, -0.15) is 0 Å². The van der Waals surface area contributed by atoms with Crippen molar-refractivity contribution in [1.82, 2.24) is 9.38 Å². The van der Waals surface area contributed by atoms with Gasteiger partial charge in [0.05, 0.1) is 18.8 Å².